The van der Waals surface area contributed by atoms with E-state index in [0.29, 0.717) is 11.1 Å². The van der Waals surface area contributed by atoms with Gasteiger partial charge >= 0.3 is 16.3 Å². The fourth-order valence-electron chi connectivity index (χ4n) is 4.21. The van der Waals surface area contributed by atoms with Gasteiger partial charge in [-0.1, -0.05) is 17.3 Å². The van der Waals surface area contributed by atoms with Gasteiger partial charge in [0.1, 0.15) is 10.6 Å². The Bertz CT molecular complexity index is 1700. The van der Waals surface area contributed by atoms with Crippen molar-refractivity contribution in [2.24, 2.45) is 0 Å². The van der Waals surface area contributed by atoms with Gasteiger partial charge in [-0.25, -0.2) is 17.9 Å². The van der Waals surface area contributed by atoms with Gasteiger partial charge in [-0.15, -0.1) is 5.10 Å². The Balaban J connectivity index is 1.55. The summed E-state index contributed by atoms with van der Waals surface area (Å²) in [5.74, 6) is -15.0. The van der Waals surface area contributed by atoms with Crippen LogP contribution in [0.5, 0.6) is 11.5 Å². The zero-order valence-corrected chi connectivity index (χ0v) is 20.3. The highest BCUT2D eigenvalue weighted by molar-refractivity contribution is 7.87. The standard InChI is InChI=1S/C24H13F8N3O4S/c25-18-19(26)21(28)23(22(29)20(18)27)39-40(36,37)12-2-4-15-13(5-8-38-17(15)10-12)14-3-1-11(24(30,31)32)9-16(14)35-7-6-33-34-35/h1-4,6-7,9-10,13H,5,8H2. The van der Waals surface area contributed by atoms with Crippen molar-refractivity contribution in [3.8, 4) is 17.2 Å². The first-order valence-electron chi connectivity index (χ1n) is 11.1. The van der Waals surface area contributed by atoms with Gasteiger partial charge in [0.05, 0.1) is 30.3 Å². The van der Waals surface area contributed by atoms with Crippen LogP contribution in [-0.2, 0) is 16.3 Å². The molecule has 0 bridgehead atoms. The minimum atomic E-state index is -5.15. The van der Waals surface area contributed by atoms with Crippen LogP contribution >= 0.6 is 0 Å². The normalized spacial score (nSPS) is 15.4. The number of aromatic nitrogens is 3. The SMILES string of the molecule is O=S(=O)(Oc1c(F)c(F)c(F)c(F)c1F)c1ccc2c(c1)OCCC2c1ccc(C(F)(F)F)cc1-n1ccnn1. The van der Waals surface area contributed by atoms with Crippen LogP contribution in [0.25, 0.3) is 5.69 Å². The van der Waals surface area contributed by atoms with Crippen LogP contribution in [0.3, 0.4) is 0 Å². The average molecular weight is 591 g/mol. The van der Waals surface area contributed by atoms with E-state index in [9.17, 15) is 43.5 Å². The zero-order chi connectivity index (χ0) is 29.0. The van der Waals surface area contributed by atoms with E-state index in [-0.39, 0.29) is 24.5 Å². The Labute approximate surface area is 219 Å². The van der Waals surface area contributed by atoms with Crippen molar-refractivity contribution in [1.29, 1.82) is 0 Å². The highest BCUT2D eigenvalue weighted by atomic mass is 32.2. The summed E-state index contributed by atoms with van der Waals surface area (Å²) < 4.78 is 145. The molecule has 1 aliphatic rings. The van der Waals surface area contributed by atoms with Crippen LogP contribution in [0.1, 0.15) is 29.0 Å². The lowest BCUT2D eigenvalue weighted by molar-refractivity contribution is -0.137. The topological polar surface area (TPSA) is 83.3 Å². The van der Waals surface area contributed by atoms with Crippen LogP contribution in [-0.4, -0.2) is 30.0 Å². The van der Waals surface area contributed by atoms with E-state index in [4.69, 9.17) is 4.74 Å². The first kappa shape index (κ1) is 27.4. The summed E-state index contributed by atoms with van der Waals surface area (Å²) in [7, 11) is -5.15. The molecule has 0 fully saturated rings. The highest BCUT2D eigenvalue weighted by Gasteiger charge is 2.35. The van der Waals surface area contributed by atoms with Crippen LogP contribution < -0.4 is 8.92 Å². The second-order valence-corrected chi connectivity index (χ2v) is 9.99. The van der Waals surface area contributed by atoms with Gasteiger partial charge in [0, 0.05) is 17.5 Å². The van der Waals surface area contributed by atoms with E-state index in [1.54, 1.807) is 0 Å². The number of benzene rings is 3. The predicted octanol–water partition coefficient (Wildman–Crippen LogP) is 5.66. The van der Waals surface area contributed by atoms with Crippen molar-refractivity contribution in [2.75, 3.05) is 6.61 Å². The molecule has 40 heavy (non-hydrogen) atoms. The largest absolute Gasteiger partial charge is 0.493 e. The molecule has 16 heteroatoms. The Morgan fingerprint density at radius 1 is 0.900 bits per heavy atom. The quantitative estimate of drug-likeness (QED) is 0.129. The maximum atomic E-state index is 14.0. The monoisotopic (exact) mass is 591 g/mol. The average Bonchev–Trinajstić information content (AvgIpc) is 3.47. The van der Waals surface area contributed by atoms with Crippen molar-refractivity contribution in [2.45, 2.75) is 23.4 Å². The summed E-state index contributed by atoms with van der Waals surface area (Å²) in [5, 5.41) is 7.40. The summed E-state index contributed by atoms with van der Waals surface area (Å²) in [6, 6.07) is 6.08. The third-order valence-electron chi connectivity index (χ3n) is 6.08. The van der Waals surface area contributed by atoms with Crippen molar-refractivity contribution >= 4 is 10.1 Å². The number of hydrogen-bond donors (Lipinski definition) is 0. The lowest BCUT2D eigenvalue weighted by atomic mass is 9.85. The van der Waals surface area contributed by atoms with E-state index in [1.165, 1.54) is 24.5 Å². The Morgan fingerprint density at radius 3 is 2.17 bits per heavy atom. The molecular formula is C24H13F8N3O4S. The number of rotatable bonds is 5. The number of halogens is 8. The maximum absolute atomic E-state index is 14.0. The molecule has 0 saturated heterocycles. The Kier molecular flexibility index (Phi) is 6.68. The molecule has 2 heterocycles. The van der Waals surface area contributed by atoms with Gasteiger partial charge in [0.15, 0.2) is 0 Å². The molecule has 0 N–H and O–H groups in total. The molecule has 5 rings (SSSR count). The third-order valence-corrected chi connectivity index (χ3v) is 7.30. The van der Waals surface area contributed by atoms with Gasteiger partial charge in [-0.3, -0.25) is 0 Å². The smallest absolute Gasteiger partial charge is 0.416 e. The molecule has 3 aromatic carbocycles. The van der Waals surface area contributed by atoms with Crippen molar-refractivity contribution in [3.05, 3.63) is 94.6 Å². The molecule has 0 saturated carbocycles. The Morgan fingerprint density at radius 2 is 1.55 bits per heavy atom. The maximum Gasteiger partial charge on any atom is 0.416 e. The first-order chi connectivity index (χ1) is 18.8. The van der Waals surface area contributed by atoms with E-state index >= 15 is 0 Å². The molecule has 1 atom stereocenters. The molecule has 0 radical (unpaired) electrons. The van der Waals surface area contributed by atoms with Crippen molar-refractivity contribution < 1.29 is 52.5 Å². The second kappa shape index (κ2) is 9.76. The van der Waals surface area contributed by atoms with Gasteiger partial charge in [-0.2, -0.15) is 30.4 Å². The second-order valence-electron chi connectivity index (χ2n) is 8.44. The van der Waals surface area contributed by atoms with E-state index in [2.05, 4.69) is 14.5 Å². The lowest BCUT2D eigenvalue weighted by Crippen LogP contribution is -2.19. The molecule has 1 aromatic heterocycles. The fraction of sp³-hybridized carbons (Fsp3) is 0.167. The van der Waals surface area contributed by atoms with E-state index in [1.807, 2.05) is 0 Å². The molecule has 0 aliphatic carbocycles. The number of alkyl halides is 3. The molecule has 7 nitrogen and oxygen atoms in total. The minimum Gasteiger partial charge on any atom is -0.493 e. The number of nitrogens with zero attached hydrogens (tertiary/aromatic N) is 3. The lowest BCUT2D eigenvalue weighted by Gasteiger charge is -2.28. The van der Waals surface area contributed by atoms with Crippen molar-refractivity contribution in [1.82, 2.24) is 15.0 Å². The van der Waals surface area contributed by atoms with E-state index in [0.717, 1.165) is 28.9 Å². The summed E-state index contributed by atoms with van der Waals surface area (Å²) in [4.78, 5) is -0.750. The molecule has 1 unspecified atom stereocenters. The van der Waals surface area contributed by atoms with Gasteiger partial charge < -0.3 is 8.92 Å². The minimum absolute atomic E-state index is 0.0164. The molecule has 0 spiro atoms. The number of fused-ring (bicyclic) bond motifs is 1. The van der Waals surface area contributed by atoms with Crippen LogP contribution in [0.2, 0.25) is 0 Å². The predicted molar refractivity (Wildman–Crippen MR) is 119 cm³/mol. The van der Waals surface area contributed by atoms with Gasteiger partial charge in [0.25, 0.3) is 0 Å². The van der Waals surface area contributed by atoms with Gasteiger partial charge in [0.2, 0.25) is 34.8 Å². The molecule has 1 aliphatic heterocycles. The zero-order valence-electron chi connectivity index (χ0n) is 19.5. The summed E-state index contributed by atoms with van der Waals surface area (Å²) >= 11 is 0. The molecule has 4 aromatic rings. The molecule has 210 valence electrons. The summed E-state index contributed by atoms with van der Waals surface area (Å²) in [5.41, 5.74) is -0.184. The van der Waals surface area contributed by atoms with Gasteiger partial charge in [-0.05, 0) is 30.2 Å². The Hall–Kier alpha value is -4.21. The summed E-state index contributed by atoms with van der Waals surface area (Å²) in [6.45, 7) is -0.0164. The fourth-order valence-corrected chi connectivity index (χ4v) is 5.16. The van der Waals surface area contributed by atoms with E-state index < -0.39 is 67.5 Å². The highest BCUT2D eigenvalue weighted by Crippen LogP contribution is 2.43. The molecular weight excluding hydrogens is 578 g/mol. The third kappa shape index (κ3) is 4.71. The number of ether oxygens (including phenoxy) is 1. The van der Waals surface area contributed by atoms with Crippen LogP contribution in [0.15, 0.2) is 53.7 Å². The first-order valence-corrected chi connectivity index (χ1v) is 12.5. The van der Waals surface area contributed by atoms with Crippen LogP contribution in [0.4, 0.5) is 35.1 Å². The summed E-state index contributed by atoms with van der Waals surface area (Å²) in [6.07, 6.45) is -1.79. The number of hydrogen-bond acceptors (Lipinski definition) is 6. The van der Waals surface area contributed by atoms with Crippen LogP contribution in [0, 0.1) is 29.1 Å². The van der Waals surface area contributed by atoms with Crippen molar-refractivity contribution in [3.63, 3.8) is 0 Å². The molecule has 0 amide bonds.